The highest BCUT2D eigenvalue weighted by atomic mass is 15.3. The van der Waals surface area contributed by atoms with Gasteiger partial charge in [0.1, 0.15) is 0 Å². The van der Waals surface area contributed by atoms with E-state index in [9.17, 15) is 0 Å². The Morgan fingerprint density at radius 3 is 1.68 bits per heavy atom. The van der Waals surface area contributed by atoms with Crippen molar-refractivity contribution in [1.82, 2.24) is 20.4 Å². The zero-order valence-electron chi connectivity index (χ0n) is 16.2. The maximum Gasteiger partial charge on any atom is 0.0198 e. The molecule has 0 saturated carbocycles. The molecule has 0 spiro atoms. The number of hydrogen-bond donors (Lipinski definition) is 2. The van der Waals surface area contributed by atoms with Crippen LogP contribution in [-0.2, 0) is 0 Å². The van der Waals surface area contributed by atoms with E-state index in [0.29, 0.717) is 36.3 Å². The maximum atomic E-state index is 3.47. The molecular formula is C18H40N4. The lowest BCUT2D eigenvalue weighted by atomic mass is 10.1. The molecule has 0 aliphatic carbocycles. The lowest BCUT2D eigenvalue weighted by Crippen LogP contribution is -2.57. The SMILES string of the molecule is CC(C)N1C(C)CNCC1C.CC(C)N1C[C@@H](C)NC[C@H]1C. The average molecular weight is 313 g/mol. The van der Waals surface area contributed by atoms with E-state index < -0.39 is 0 Å². The van der Waals surface area contributed by atoms with Crippen LogP contribution in [0.3, 0.4) is 0 Å². The van der Waals surface area contributed by atoms with Crippen molar-refractivity contribution in [3.8, 4) is 0 Å². The van der Waals surface area contributed by atoms with Gasteiger partial charge in [-0.1, -0.05) is 0 Å². The average Bonchev–Trinajstić information content (AvgIpc) is 2.41. The second-order valence-electron chi connectivity index (χ2n) is 7.85. The Morgan fingerprint density at radius 1 is 0.773 bits per heavy atom. The van der Waals surface area contributed by atoms with Gasteiger partial charge >= 0.3 is 0 Å². The molecule has 4 heteroatoms. The van der Waals surface area contributed by atoms with Crippen LogP contribution in [0.2, 0.25) is 0 Å². The van der Waals surface area contributed by atoms with E-state index >= 15 is 0 Å². The lowest BCUT2D eigenvalue weighted by molar-refractivity contribution is 0.0827. The summed E-state index contributed by atoms with van der Waals surface area (Å²) in [4.78, 5) is 5.14. The summed E-state index contributed by atoms with van der Waals surface area (Å²) in [7, 11) is 0. The molecule has 0 amide bonds. The molecule has 2 fully saturated rings. The Balaban J connectivity index is 0.000000220. The molecule has 2 aliphatic heterocycles. The largest absolute Gasteiger partial charge is 0.314 e. The summed E-state index contributed by atoms with van der Waals surface area (Å²) in [5, 5.41) is 6.90. The Labute approximate surface area is 139 Å². The molecule has 2 saturated heterocycles. The molecule has 2 N–H and O–H groups in total. The highest BCUT2D eigenvalue weighted by Gasteiger charge is 2.26. The summed E-state index contributed by atoms with van der Waals surface area (Å²) in [6, 6.07) is 4.12. The van der Waals surface area contributed by atoms with Crippen LogP contribution in [0, 0.1) is 0 Å². The molecular weight excluding hydrogens is 272 g/mol. The summed E-state index contributed by atoms with van der Waals surface area (Å²) in [5.74, 6) is 0. The second kappa shape index (κ2) is 9.21. The predicted molar refractivity (Wildman–Crippen MR) is 97.5 cm³/mol. The van der Waals surface area contributed by atoms with Crippen molar-refractivity contribution in [2.45, 2.75) is 91.6 Å². The fraction of sp³-hybridized carbons (Fsp3) is 1.00. The van der Waals surface area contributed by atoms with E-state index in [1.54, 1.807) is 0 Å². The predicted octanol–water partition coefficient (Wildman–Crippen LogP) is 2.15. The fourth-order valence-corrected chi connectivity index (χ4v) is 3.93. The molecule has 2 unspecified atom stereocenters. The third kappa shape index (κ3) is 5.80. The lowest BCUT2D eigenvalue weighted by Gasteiger charge is -2.42. The van der Waals surface area contributed by atoms with Crippen LogP contribution in [0.25, 0.3) is 0 Å². The number of piperazine rings is 2. The summed E-state index contributed by atoms with van der Waals surface area (Å²) in [6.45, 7) is 22.8. The van der Waals surface area contributed by atoms with Crippen molar-refractivity contribution in [3.05, 3.63) is 0 Å². The van der Waals surface area contributed by atoms with Gasteiger partial charge in [-0.25, -0.2) is 0 Å². The molecule has 2 heterocycles. The number of hydrogen-bond acceptors (Lipinski definition) is 4. The van der Waals surface area contributed by atoms with Gasteiger partial charge in [0.2, 0.25) is 0 Å². The monoisotopic (exact) mass is 312 g/mol. The molecule has 2 rings (SSSR count). The summed E-state index contributed by atoms with van der Waals surface area (Å²) in [6.07, 6.45) is 0. The zero-order chi connectivity index (χ0) is 16.9. The minimum absolute atomic E-state index is 0.661. The number of rotatable bonds is 2. The van der Waals surface area contributed by atoms with Gasteiger partial charge in [-0.15, -0.1) is 0 Å². The topological polar surface area (TPSA) is 30.5 Å². The third-order valence-corrected chi connectivity index (χ3v) is 4.97. The van der Waals surface area contributed by atoms with Crippen LogP contribution in [0.5, 0.6) is 0 Å². The van der Waals surface area contributed by atoms with Crippen molar-refractivity contribution < 1.29 is 0 Å². The Bertz CT molecular complexity index is 295. The van der Waals surface area contributed by atoms with Gasteiger partial charge in [0.25, 0.3) is 0 Å². The van der Waals surface area contributed by atoms with Gasteiger partial charge in [-0.2, -0.15) is 0 Å². The van der Waals surface area contributed by atoms with E-state index in [1.165, 1.54) is 6.54 Å². The standard InChI is InChI=1S/2C9H20N2/c1-7(2)11-6-8(3)10-5-9(11)4;1-7(2)11-8(3)5-10-6-9(11)4/h2*7-10H,5-6H2,1-4H3/t8-,9-;/m1./s1. The van der Waals surface area contributed by atoms with E-state index in [0.717, 1.165) is 19.6 Å². The molecule has 4 atom stereocenters. The van der Waals surface area contributed by atoms with Gasteiger partial charge in [-0.05, 0) is 55.4 Å². The van der Waals surface area contributed by atoms with Gasteiger partial charge in [0.15, 0.2) is 0 Å². The van der Waals surface area contributed by atoms with Crippen molar-refractivity contribution in [1.29, 1.82) is 0 Å². The van der Waals surface area contributed by atoms with Crippen LogP contribution in [0.15, 0.2) is 0 Å². The first-order valence-electron chi connectivity index (χ1n) is 9.21. The van der Waals surface area contributed by atoms with Crippen LogP contribution in [0.4, 0.5) is 0 Å². The van der Waals surface area contributed by atoms with Crippen molar-refractivity contribution in [2.75, 3.05) is 26.2 Å². The van der Waals surface area contributed by atoms with Gasteiger partial charge in [-0.3, -0.25) is 9.80 Å². The van der Waals surface area contributed by atoms with E-state index in [-0.39, 0.29) is 0 Å². The first-order valence-corrected chi connectivity index (χ1v) is 9.21. The molecule has 0 aromatic rings. The van der Waals surface area contributed by atoms with Crippen LogP contribution in [-0.4, -0.2) is 72.2 Å². The molecule has 0 aromatic heterocycles. The first-order chi connectivity index (χ1) is 10.2. The van der Waals surface area contributed by atoms with Crippen molar-refractivity contribution in [3.63, 3.8) is 0 Å². The number of nitrogens with one attached hydrogen (secondary N) is 2. The summed E-state index contributed by atoms with van der Waals surface area (Å²) < 4.78 is 0. The van der Waals surface area contributed by atoms with Crippen LogP contribution >= 0.6 is 0 Å². The molecule has 0 bridgehead atoms. The first kappa shape index (κ1) is 19.9. The third-order valence-electron chi connectivity index (χ3n) is 4.97. The molecule has 132 valence electrons. The Morgan fingerprint density at radius 2 is 1.32 bits per heavy atom. The highest BCUT2D eigenvalue weighted by molar-refractivity contribution is 4.84. The van der Waals surface area contributed by atoms with E-state index in [1.807, 2.05) is 0 Å². The fourth-order valence-electron chi connectivity index (χ4n) is 3.93. The molecule has 0 aromatic carbocycles. The minimum Gasteiger partial charge on any atom is -0.314 e. The van der Waals surface area contributed by atoms with E-state index in [4.69, 9.17) is 0 Å². The van der Waals surface area contributed by atoms with Crippen molar-refractivity contribution >= 4 is 0 Å². The quantitative estimate of drug-likeness (QED) is 0.818. The van der Waals surface area contributed by atoms with E-state index in [2.05, 4.69) is 75.8 Å². The smallest absolute Gasteiger partial charge is 0.0198 e. The number of nitrogens with zero attached hydrogens (tertiary/aromatic N) is 2. The normalized spacial score (nSPS) is 34.6. The van der Waals surface area contributed by atoms with Crippen molar-refractivity contribution in [2.24, 2.45) is 0 Å². The summed E-state index contributed by atoms with van der Waals surface area (Å²) in [5.41, 5.74) is 0. The van der Waals surface area contributed by atoms with Gasteiger partial charge < -0.3 is 10.6 Å². The summed E-state index contributed by atoms with van der Waals surface area (Å²) >= 11 is 0. The molecule has 22 heavy (non-hydrogen) atoms. The Hall–Kier alpha value is -0.160. The van der Waals surface area contributed by atoms with Gasteiger partial charge in [0, 0.05) is 62.4 Å². The second-order valence-corrected chi connectivity index (χ2v) is 7.85. The molecule has 2 aliphatic rings. The molecule has 4 nitrogen and oxygen atoms in total. The molecule has 0 radical (unpaired) electrons. The van der Waals surface area contributed by atoms with Gasteiger partial charge in [0.05, 0.1) is 0 Å². The zero-order valence-corrected chi connectivity index (χ0v) is 16.2. The van der Waals surface area contributed by atoms with Crippen LogP contribution in [0.1, 0.15) is 55.4 Å². The maximum absolute atomic E-state index is 3.47. The van der Waals surface area contributed by atoms with Crippen LogP contribution < -0.4 is 10.6 Å². The minimum atomic E-state index is 0.661. The highest BCUT2D eigenvalue weighted by Crippen LogP contribution is 2.13. The Kier molecular flexibility index (Phi) is 8.33.